The standard InChI is InChI=1S/C12H14O3.C11H13NO2.C11H12O3.C5H8O3.6CH4/c1-14-11(13)12(7-8-12)15-9-10-5-3-2-4-6-10;2*12-10(13)11(6-7-11)14-8-9-4-2-1-3-5-9;1-8-4(6)5(7)2-3-5;;;;;;/h2-6H,7-9H2,1H3;1-5H,6-8H2,(H2,12,13);1-5H,6-8H2,(H,12,13);7H,2-3H2,1H3;6*1H4. The molecule has 0 saturated heterocycles. The van der Waals surface area contributed by atoms with Crippen LogP contribution in [0.2, 0.25) is 0 Å². The molecule has 0 radical (unpaired) electrons. The molecule has 0 aromatic heterocycles. The van der Waals surface area contributed by atoms with Gasteiger partial charge in [0.25, 0.3) is 0 Å². The molecule has 4 N–H and O–H groups in total. The number of nitrogens with two attached hydrogens (primary N) is 1. The zero-order chi connectivity index (χ0) is 37.0. The van der Waals surface area contributed by atoms with Gasteiger partial charge in [-0.05, 0) is 68.1 Å². The topological polar surface area (TPSA) is 181 Å². The van der Waals surface area contributed by atoms with Gasteiger partial charge in [-0.3, -0.25) is 4.79 Å². The smallest absolute Gasteiger partial charge is 0.338 e. The zero-order valence-corrected chi connectivity index (χ0v) is 29.1. The van der Waals surface area contributed by atoms with Gasteiger partial charge >= 0.3 is 17.9 Å². The summed E-state index contributed by atoms with van der Waals surface area (Å²) in [7, 11) is 2.67. The first-order valence-electron chi connectivity index (χ1n) is 16.9. The number of carbonyl (C=O) groups excluding carboxylic acids is 3. The van der Waals surface area contributed by atoms with Crippen molar-refractivity contribution in [1.82, 2.24) is 0 Å². The average molecular weight is 802 g/mol. The van der Waals surface area contributed by atoms with Crippen molar-refractivity contribution in [2.75, 3.05) is 14.2 Å². The third-order valence-electron chi connectivity index (χ3n) is 8.87. The highest BCUT2D eigenvalue weighted by Crippen LogP contribution is 2.42. The monoisotopic (exact) mass is 802 g/mol. The van der Waals surface area contributed by atoms with E-state index in [4.69, 9.17) is 34.9 Å². The Labute approximate surface area is 342 Å². The van der Waals surface area contributed by atoms with Crippen molar-refractivity contribution in [3.05, 3.63) is 108 Å². The SMILES string of the molecule is C.C.C.C.C.C.COC(=O)C1(O)CC1.COC(=O)C1(OCc2ccccc2)CC1.NC(=O)C1(OCc2ccccc2)CC1.O=C(O)C1(OCc2ccccc2)CC1. The molecule has 1 amide bonds. The Kier molecular flexibility index (Phi) is 25.5. The summed E-state index contributed by atoms with van der Waals surface area (Å²) in [6.45, 7) is 1.31. The number of aliphatic hydroxyl groups is 1. The first kappa shape index (κ1) is 56.7. The molecule has 0 atom stereocenters. The molecule has 3 aromatic rings. The van der Waals surface area contributed by atoms with Gasteiger partial charge in [-0.1, -0.05) is 136 Å². The molecule has 0 unspecified atom stereocenters. The lowest BCUT2D eigenvalue weighted by Gasteiger charge is -2.13. The van der Waals surface area contributed by atoms with E-state index < -0.39 is 34.3 Å². The summed E-state index contributed by atoms with van der Waals surface area (Å²) in [4.78, 5) is 43.6. The second kappa shape index (κ2) is 25.6. The van der Waals surface area contributed by atoms with Crippen molar-refractivity contribution in [3.8, 4) is 0 Å². The number of methoxy groups -OCH3 is 2. The van der Waals surface area contributed by atoms with E-state index in [1.807, 2.05) is 91.0 Å². The van der Waals surface area contributed by atoms with E-state index in [1.165, 1.54) is 14.2 Å². The molecule has 4 aliphatic carbocycles. The number of aliphatic carboxylic acids is 1. The molecule has 7 rings (SSSR count). The van der Waals surface area contributed by atoms with Gasteiger partial charge in [0.1, 0.15) is 5.60 Å². The van der Waals surface area contributed by atoms with Crippen molar-refractivity contribution < 1.29 is 53.1 Å². The van der Waals surface area contributed by atoms with Crippen LogP contribution in [0.3, 0.4) is 0 Å². The Morgan fingerprint density at radius 3 is 1.04 bits per heavy atom. The summed E-state index contributed by atoms with van der Waals surface area (Å²) >= 11 is 0. The Morgan fingerprint density at radius 2 is 0.807 bits per heavy atom. The van der Waals surface area contributed by atoms with Crippen LogP contribution in [0.15, 0.2) is 91.0 Å². The second-order valence-electron chi connectivity index (χ2n) is 13.0. The maximum Gasteiger partial charge on any atom is 0.338 e. The third-order valence-corrected chi connectivity index (χ3v) is 8.87. The highest BCUT2D eigenvalue weighted by atomic mass is 16.6. The van der Waals surface area contributed by atoms with E-state index in [-0.39, 0.29) is 56.4 Å². The Morgan fingerprint density at radius 1 is 0.509 bits per heavy atom. The van der Waals surface area contributed by atoms with Crippen LogP contribution in [-0.2, 0) is 62.7 Å². The molecule has 4 fully saturated rings. The van der Waals surface area contributed by atoms with Gasteiger partial charge < -0.3 is 39.6 Å². The molecule has 3 aromatic carbocycles. The molecular formula is C45H71NO11. The van der Waals surface area contributed by atoms with E-state index in [1.54, 1.807) is 0 Å². The van der Waals surface area contributed by atoms with Crippen LogP contribution in [0.5, 0.6) is 0 Å². The molecule has 0 bridgehead atoms. The van der Waals surface area contributed by atoms with Gasteiger partial charge in [-0.15, -0.1) is 0 Å². The zero-order valence-electron chi connectivity index (χ0n) is 29.1. The number of carboxylic acid groups (broad SMARTS) is 1. The van der Waals surface area contributed by atoms with E-state index in [9.17, 15) is 19.2 Å². The number of esters is 2. The number of ether oxygens (including phenoxy) is 5. The molecule has 0 aliphatic heterocycles. The average Bonchev–Trinajstić information content (AvgIpc) is 3.95. The Balaban J connectivity index is -0.000000671. The lowest BCUT2D eigenvalue weighted by atomic mass is 10.2. The number of hydrogen-bond acceptors (Lipinski definition) is 10. The minimum absolute atomic E-state index is 0. The van der Waals surface area contributed by atoms with Crippen LogP contribution in [0.25, 0.3) is 0 Å². The molecule has 4 saturated carbocycles. The van der Waals surface area contributed by atoms with Crippen LogP contribution in [0.1, 0.15) is 113 Å². The van der Waals surface area contributed by atoms with Crippen molar-refractivity contribution in [2.45, 2.75) is 138 Å². The van der Waals surface area contributed by atoms with Crippen molar-refractivity contribution in [1.29, 1.82) is 0 Å². The Hall–Kier alpha value is -4.62. The minimum Gasteiger partial charge on any atom is -0.479 e. The van der Waals surface area contributed by atoms with Crippen molar-refractivity contribution in [2.24, 2.45) is 5.73 Å². The van der Waals surface area contributed by atoms with Crippen LogP contribution < -0.4 is 5.73 Å². The van der Waals surface area contributed by atoms with Crippen LogP contribution in [0, 0.1) is 0 Å². The predicted octanol–water partition coefficient (Wildman–Crippen LogP) is 8.45. The predicted molar refractivity (Wildman–Crippen MR) is 225 cm³/mol. The fraction of sp³-hybridized carbons (Fsp3) is 0.511. The summed E-state index contributed by atoms with van der Waals surface area (Å²) in [5.41, 5.74) is 5.11. The maximum atomic E-state index is 11.4. The second-order valence-corrected chi connectivity index (χ2v) is 13.0. The number of benzene rings is 3. The fourth-order valence-corrected chi connectivity index (χ4v) is 4.72. The number of carboxylic acids is 1. The lowest BCUT2D eigenvalue weighted by Crippen LogP contribution is -2.33. The van der Waals surface area contributed by atoms with E-state index in [0.717, 1.165) is 42.4 Å². The summed E-state index contributed by atoms with van der Waals surface area (Å²) < 4.78 is 25.5. The minimum atomic E-state index is -1.10. The first-order chi connectivity index (χ1) is 24.4. The Bertz CT molecular complexity index is 1510. The molecular weight excluding hydrogens is 730 g/mol. The summed E-state index contributed by atoms with van der Waals surface area (Å²) in [6.07, 6.45) is 5.44. The summed E-state index contributed by atoms with van der Waals surface area (Å²) in [6, 6.07) is 29.2. The van der Waals surface area contributed by atoms with E-state index >= 15 is 0 Å². The highest BCUT2D eigenvalue weighted by molar-refractivity contribution is 5.86. The van der Waals surface area contributed by atoms with Crippen LogP contribution in [-0.4, -0.2) is 70.7 Å². The van der Waals surface area contributed by atoms with Gasteiger partial charge in [0.15, 0.2) is 16.8 Å². The molecule has 0 heterocycles. The number of primary amides is 1. The normalized spacial score (nSPS) is 16.3. The fourth-order valence-electron chi connectivity index (χ4n) is 4.72. The number of hydrogen-bond donors (Lipinski definition) is 3. The van der Waals surface area contributed by atoms with Crippen LogP contribution >= 0.6 is 0 Å². The van der Waals surface area contributed by atoms with Gasteiger partial charge in [0, 0.05) is 0 Å². The van der Waals surface area contributed by atoms with Gasteiger partial charge in [0.2, 0.25) is 5.91 Å². The van der Waals surface area contributed by atoms with Crippen molar-refractivity contribution >= 4 is 23.8 Å². The van der Waals surface area contributed by atoms with Crippen molar-refractivity contribution in [3.63, 3.8) is 0 Å². The molecule has 0 spiro atoms. The summed E-state index contributed by atoms with van der Waals surface area (Å²) in [5, 5.41) is 17.8. The molecule has 322 valence electrons. The number of amides is 1. The highest BCUT2D eigenvalue weighted by Gasteiger charge is 2.53. The molecule has 4 aliphatic rings. The quantitative estimate of drug-likeness (QED) is 0.141. The third kappa shape index (κ3) is 17.2. The first-order valence-corrected chi connectivity index (χ1v) is 16.9. The van der Waals surface area contributed by atoms with Gasteiger partial charge in [-0.2, -0.15) is 0 Å². The molecule has 12 nitrogen and oxygen atoms in total. The largest absolute Gasteiger partial charge is 0.479 e. The van der Waals surface area contributed by atoms with E-state index in [2.05, 4.69) is 4.74 Å². The number of rotatable bonds is 13. The molecule has 57 heavy (non-hydrogen) atoms. The van der Waals surface area contributed by atoms with Gasteiger partial charge in [-0.25, -0.2) is 14.4 Å². The maximum absolute atomic E-state index is 11.4. The lowest BCUT2D eigenvalue weighted by molar-refractivity contribution is -0.158. The number of carbonyl (C=O) groups is 4. The molecule has 12 heteroatoms. The van der Waals surface area contributed by atoms with Gasteiger partial charge in [0.05, 0.1) is 34.0 Å². The van der Waals surface area contributed by atoms with Crippen LogP contribution in [0.4, 0.5) is 0 Å². The summed E-state index contributed by atoms with van der Waals surface area (Å²) in [5.74, 6) is -1.93. The van der Waals surface area contributed by atoms with E-state index in [0.29, 0.717) is 45.5 Å².